The quantitative estimate of drug-likeness (QED) is 0.239. The number of H-pyrrole nitrogens is 1. The van der Waals surface area contributed by atoms with Crippen molar-refractivity contribution in [2.75, 3.05) is 0 Å². The molecule has 0 saturated heterocycles. The molecule has 0 atom stereocenters. The van der Waals surface area contributed by atoms with Gasteiger partial charge in [-0.3, -0.25) is 0 Å². The smallest absolute Gasteiger partial charge is 0.142 e. The highest BCUT2D eigenvalue weighted by Crippen LogP contribution is 2.39. The minimum atomic E-state index is -0.0202. The van der Waals surface area contributed by atoms with E-state index in [0.717, 1.165) is 41.5 Å². The number of aromatic nitrogens is 2. The van der Waals surface area contributed by atoms with Crippen molar-refractivity contribution in [3.63, 3.8) is 0 Å². The van der Waals surface area contributed by atoms with E-state index in [1.165, 1.54) is 12.1 Å². The Bertz CT molecular complexity index is 1300. The van der Waals surface area contributed by atoms with Crippen LogP contribution in [0.4, 0.5) is 0 Å². The molecule has 1 aromatic heterocycles. The van der Waals surface area contributed by atoms with Gasteiger partial charge in [-0.2, -0.15) is 0 Å². The van der Waals surface area contributed by atoms with Crippen LogP contribution in [0.2, 0.25) is 0 Å². The van der Waals surface area contributed by atoms with E-state index in [9.17, 15) is 10.2 Å². The number of aromatic hydroxyl groups is 2. The molecule has 0 radical (unpaired) electrons. The second-order valence-electron chi connectivity index (χ2n) is 6.39. The van der Waals surface area contributed by atoms with Crippen molar-refractivity contribution in [2.24, 2.45) is 0 Å². The SMILES string of the molecule is Oc1ccc(-c2nc3c4ccc(Br)cc4c4cc(Br)ccc4c3[nH]2)c(O)c1. The average Bonchev–Trinajstić information content (AvgIpc) is 3.06. The van der Waals surface area contributed by atoms with Crippen molar-refractivity contribution in [1.82, 2.24) is 9.97 Å². The van der Waals surface area contributed by atoms with Crippen LogP contribution in [0.25, 0.3) is 44.0 Å². The first-order valence-corrected chi connectivity index (χ1v) is 9.82. The first kappa shape index (κ1) is 16.6. The van der Waals surface area contributed by atoms with E-state index in [1.54, 1.807) is 6.07 Å². The highest BCUT2D eigenvalue weighted by molar-refractivity contribution is 9.10. The molecule has 1 heterocycles. The zero-order chi connectivity index (χ0) is 18.7. The van der Waals surface area contributed by atoms with Crippen molar-refractivity contribution in [3.8, 4) is 22.9 Å². The Morgan fingerprint density at radius 1 is 0.741 bits per heavy atom. The summed E-state index contributed by atoms with van der Waals surface area (Å²) in [4.78, 5) is 8.14. The number of imidazole rings is 1. The van der Waals surface area contributed by atoms with Crippen LogP contribution in [-0.4, -0.2) is 20.2 Å². The molecule has 0 aliphatic carbocycles. The summed E-state index contributed by atoms with van der Waals surface area (Å²) in [6.07, 6.45) is 0. The lowest BCUT2D eigenvalue weighted by atomic mass is 10.0. The first-order chi connectivity index (χ1) is 13.0. The van der Waals surface area contributed by atoms with Crippen LogP contribution < -0.4 is 0 Å². The van der Waals surface area contributed by atoms with Crippen molar-refractivity contribution >= 4 is 64.4 Å². The number of hydrogen-bond donors (Lipinski definition) is 3. The Kier molecular flexibility index (Phi) is 3.67. The fourth-order valence-electron chi connectivity index (χ4n) is 3.51. The predicted octanol–water partition coefficient (Wildman–Crippen LogP) is 6.47. The van der Waals surface area contributed by atoms with Gasteiger partial charge in [0.05, 0.1) is 16.6 Å². The predicted molar refractivity (Wildman–Crippen MR) is 115 cm³/mol. The summed E-state index contributed by atoms with van der Waals surface area (Å²) in [6, 6.07) is 16.8. The zero-order valence-corrected chi connectivity index (χ0v) is 17.0. The third-order valence-corrected chi connectivity index (χ3v) is 5.70. The summed E-state index contributed by atoms with van der Waals surface area (Å²) in [5.74, 6) is 0.549. The van der Waals surface area contributed by atoms with Gasteiger partial charge in [0.25, 0.3) is 0 Å². The van der Waals surface area contributed by atoms with Crippen molar-refractivity contribution < 1.29 is 10.2 Å². The van der Waals surface area contributed by atoms with E-state index in [4.69, 9.17) is 4.98 Å². The van der Waals surface area contributed by atoms with E-state index in [2.05, 4.69) is 55.0 Å². The van der Waals surface area contributed by atoms with Gasteiger partial charge in [-0.15, -0.1) is 0 Å². The molecule has 0 bridgehead atoms. The summed E-state index contributed by atoms with van der Waals surface area (Å²) in [7, 11) is 0. The van der Waals surface area contributed by atoms with E-state index in [1.807, 2.05) is 18.2 Å². The maximum absolute atomic E-state index is 10.2. The van der Waals surface area contributed by atoms with Crippen molar-refractivity contribution in [1.29, 1.82) is 0 Å². The van der Waals surface area contributed by atoms with Crippen LogP contribution in [0.15, 0.2) is 63.5 Å². The molecule has 0 aliphatic heterocycles. The van der Waals surface area contributed by atoms with Gasteiger partial charge in [-0.05, 0) is 47.2 Å². The highest BCUT2D eigenvalue weighted by atomic mass is 79.9. The zero-order valence-electron chi connectivity index (χ0n) is 13.8. The van der Waals surface area contributed by atoms with Crippen LogP contribution in [0.3, 0.4) is 0 Å². The number of nitrogens with one attached hydrogen (secondary N) is 1. The molecule has 3 N–H and O–H groups in total. The number of phenolic OH excluding ortho intramolecular Hbond substituents is 2. The molecule has 5 rings (SSSR count). The lowest BCUT2D eigenvalue weighted by Gasteiger charge is -2.07. The molecular formula is C21H12Br2N2O2. The normalized spacial score (nSPS) is 11.6. The molecular weight excluding hydrogens is 472 g/mol. The maximum atomic E-state index is 10.2. The second-order valence-corrected chi connectivity index (χ2v) is 8.22. The van der Waals surface area contributed by atoms with Crippen LogP contribution in [0.1, 0.15) is 0 Å². The van der Waals surface area contributed by atoms with Gasteiger partial charge in [0, 0.05) is 25.8 Å². The molecule has 0 saturated carbocycles. The first-order valence-electron chi connectivity index (χ1n) is 8.24. The summed E-state index contributed by atoms with van der Waals surface area (Å²) >= 11 is 7.13. The van der Waals surface area contributed by atoms with Crippen molar-refractivity contribution in [3.05, 3.63) is 63.5 Å². The molecule has 0 unspecified atom stereocenters. The van der Waals surface area contributed by atoms with Crippen molar-refractivity contribution in [2.45, 2.75) is 0 Å². The molecule has 0 amide bonds. The average molecular weight is 484 g/mol. The van der Waals surface area contributed by atoms with E-state index >= 15 is 0 Å². The van der Waals surface area contributed by atoms with Gasteiger partial charge in [-0.25, -0.2) is 4.98 Å². The number of hydrogen-bond acceptors (Lipinski definition) is 3. The van der Waals surface area contributed by atoms with Gasteiger partial charge in [-0.1, -0.05) is 44.0 Å². The molecule has 4 nitrogen and oxygen atoms in total. The maximum Gasteiger partial charge on any atom is 0.142 e. The van der Waals surface area contributed by atoms with Gasteiger partial charge < -0.3 is 15.2 Å². The monoisotopic (exact) mass is 482 g/mol. The van der Waals surface area contributed by atoms with Gasteiger partial charge in [0.1, 0.15) is 17.3 Å². The summed E-state index contributed by atoms with van der Waals surface area (Å²) in [5.41, 5.74) is 2.30. The number of rotatable bonds is 1. The summed E-state index contributed by atoms with van der Waals surface area (Å²) < 4.78 is 2.01. The van der Waals surface area contributed by atoms with Crippen LogP contribution in [0, 0.1) is 0 Å². The standard InChI is InChI=1S/C21H12Br2N2O2/c22-10-1-4-13-16(7-10)17-8-11(23)2-5-14(17)20-19(13)24-21(25-20)15-6-3-12(26)9-18(15)27/h1-9,26-27H,(H,24,25). The largest absolute Gasteiger partial charge is 0.508 e. The molecule has 4 aromatic carbocycles. The Balaban J connectivity index is 1.94. The van der Waals surface area contributed by atoms with E-state index in [0.29, 0.717) is 11.4 Å². The second kappa shape index (κ2) is 5.97. The fraction of sp³-hybridized carbons (Fsp3) is 0. The van der Waals surface area contributed by atoms with Crippen LogP contribution in [0.5, 0.6) is 11.5 Å². The molecule has 0 aliphatic rings. The number of fused-ring (bicyclic) bond motifs is 6. The number of nitrogens with zero attached hydrogens (tertiary/aromatic N) is 1. The van der Waals surface area contributed by atoms with E-state index in [-0.39, 0.29) is 11.5 Å². The lowest BCUT2D eigenvalue weighted by Crippen LogP contribution is -1.82. The molecule has 27 heavy (non-hydrogen) atoms. The minimum absolute atomic E-state index is 0.0120. The Hall–Kier alpha value is -2.57. The fourth-order valence-corrected chi connectivity index (χ4v) is 4.24. The Morgan fingerprint density at radius 2 is 1.41 bits per heavy atom. The van der Waals surface area contributed by atoms with Gasteiger partial charge in [0.2, 0.25) is 0 Å². The molecule has 0 fully saturated rings. The molecule has 5 aromatic rings. The number of aromatic amines is 1. The number of benzene rings is 4. The van der Waals surface area contributed by atoms with Gasteiger partial charge in [0.15, 0.2) is 0 Å². The number of halogens is 2. The minimum Gasteiger partial charge on any atom is -0.508 e. The highest BCUT2D eigenvalue weighted by Gasteiger charge is 2.16. The lowest BCUT2D eigenvalue weighted by molar-refractivity contribution is 0.451. The number of phenols is 2. The third-order valence-electron chi connectivity index (χ3n) is 4.72. The van der Waals surface area contributed by atoms with Crippen LogP contribution in [-0.2, 0) is 0 Å². The molecule has 6 heteroatoms. The summed E-state index contributed by atoms with van der Waals surface area (Å²) in [6.45, 7) is 0. The molecule has 0 spiro atoms. The van der Waals surface area contributed by atoms with E-state index < -0.39 is 0 Å². The summed E-state index contributed by atoms with van der Waals surface area (Å²) in [5, 5.41) is 24.1. The Morgan fingerprint density at radius 3 is 2.11 bits per heavy atom. The van der Waals surface area contributed by atoms with Gasteiger partial charge >= 0.3 is 0 Å². The van der Waals surface area contributed by atoms with Crippen LogP contribution >= 0.6 is 31.9 Å². The Labute approximate surface area is 170 Å². The third kappa shape index (κ3) is 2.59. The topological polar surface area (TPSA) is 69.1 Å². The molecule has 132 valence electrons.